The molecule has 3 N–H and O–H groups in total. The largest absolute Gasteiger partial charge is 0.377 e. The van der Waals surface area contributed by atoms with Crippen LogP contribution in [0.2, 0.25) is 0 Å². The summed E-state index contributed by atoms with van der Waals surface area (Å²) in [5.74, 6) is 4.58. The first kappa shape index (κ1) is 14.2. The maximum absolute atomic E-state index is 11.4. The number of hydrogen-bond donors (Lipinski definition) is 2. The van der Waals surface area contributed by atoms with Gasteiger partial charge in [-0.1, -0.05) is 6.92 Å². The lowest BCUT2D eigenvalue weighted by Crippen LogP contribution is -2.56. The van der Waals surface area contributed by atoms with Gasteiger partial charge in [-0.3, -0.25) is 15.0 Å². The van der Waals surface area contributed by atoms with Gasteiger partial charge in [0, 0.05) is 13.0 Å². The second-order valence-electron chi connectivity index (χ2n) is 3.04. The van der Waals surface area contributed by atoms with Gasteiger partial charge in [0.1, 0.15) is 6.04 Å². The van der Waals surface area contributed by atoms with Gasteiger partial charge in [-0.25, -0.2) is 5.84 Å². The SMILES string of the molecule is CCC(=O)N1CCOCC1C(=O)NN.Cl. The van der Waals surface area contributed by atoms with Crippen LogP contribution in [0.1, 0.15) is 13.3 Å². The van der Waals surface area contributed by atoms with Crippen LogP contribution in [0.5, 0.6) is 0 Å². The number of carbonyl (C=O) groups is 2. The first-order valence-corrected chi connectivity index (χ1v) is 4.58. The Bertz CT molecular complexity index is 213. The highest BCUT2D eigenvalue weighted by atomic mass is 35.5. The molecule has 0 bridgehead atoms. The standard InChI is InChI=1S/C8H15N3O3.ClH/c1-2-7(12)11-3-4-14-5-6(11)8(13)10-9;/h6H,2-5,9H2,1H3,(H,10,13);1H. The number of nitrogens with one attached hydrogen (secondary N) is 1. The van der Waals surface area contributed by atoms with Crippen LogP contribution in [0.4, 0.5) is 0 Å². The molecule has 0 aromatic rings. The Kier molecular flexibility index (Phi) is 6.23. The van der Waals surface area contributed by atoms with Crippen LogP contribution in [0, 0.1) is 0 Å². The molecule has 0 spiro atoms. The second-order valence-corrected chi connectivity index (χ2v) is 3.04. The Hall–Kier alpha value is -0.850. The molecular weight excluding hydrogens is 222 g/mol. The minimum Gasteiger partial charge on any atom is -0.377 e. The summed E-state index contributed by atoms with van der Waals surface area (Å²) in [6, 6.07) is -0.582. The first-order valence-electron chi connectivity index (χ1n) is 4.58. The highest BCUT2D eigenvalue weighted by Gasteiger charge is 2.31. The van der Waals surface area contributed by atoms with E-state index in [1.807, 2.05) is 5.43 Å². The molecule has 88 valence electrons. The van der Waals surface area contributed by atoms with Crippen molar-refractivity contribution in [2.24, 2.45) is 5.84 Å². The zero-order chi connectivity index (χ0) is 10.6. The maximum Gasteiger partial charge on any atom is 0.259 e. The third-order valence-electron chi connectivity index (χ3n) is 2.20. The molecule has 0 aromatic carbocycles. The Labute approximate surface area is 94.5 Å². The zero-order valence-electron chi connectivity index (χ0n) is 8.56. The molecule has 1 aliphatic rings. The van der Waals surface area contributed by atoms with E-state index in [0.717, 1.165) is 0 Å². The lowest BCUT2D eigenvalue weighted by molar-refractivity contribution is -0.148. The summed E-state index contributed by atoms with van der Waals surface area (Å²) in [5, 5.41) is 0. The lowest BCUT2D eigenvalue weighted by atomic mass is 10.2. The molecule has 0 saturated carbocycles. The predicted octanol–water partition coefficient (Wildman–Crippen LogP) is -0.964. The Morgan fingerprint density at radius 1 is 1.60 bits per heavy atom. The highest BCUT2D eigenvalue weighted by Crippen LogP contribution is 2.08. The average molecular weight is 238 g/mol. The Balaban J connectivity index is 0.00000196. The smallest absolute Gasteiger partial charge is 0.259 e. The van der Waals surface area contributed by atoms with Crippen molar-refractivity contribution >= 4 is 24.2 Å². The minimum absolute atomic E-state index is 0. The fourth-order valence-corrected chi connectivity index (χ4v) is 1.42. The third-order valence-corrected chi connectivity index (χ3v) is 2.20. The molecule has 7 heteroatoms. The molecule has 1 fully saturated rings. The summed E-state index contributed by atoms with van der Waals surface area (Å²) in [6.45, 7) is 2.90. The quantitative estimate of drug-likeness (QED) is 0.368. The van der Waals surface area contributed by atoms with Crippen molar-refractivity contribution in [3.8, 4) is 0 Å². The van der Waals surface area contributed by atoms with Gasteiger partial charge in [-0.2, -0.15) is 0 Å². The van der Waals surface area contributed by atoms with Crippen molar-refractivity contribution < 1.29 is 14.3 Å². The number of hydrazine groups is 1. The molecule has 1 unspecified atom stereocenters. The number of carbonyl (C=O) groups excluding carboxylic acids is 2. The van der Waals surface area contributed by atoms with E-state index in [2.05, 4.69) is 0 Å². The minimum atomic E-state index is -0.582. The first-order chi connectivity index (χ1) is 6.70. The normalized spacial score (nSPS) is 20.4. The van der Waals surface area contributed by atoms with Crippen molar-refractivity contribution in [2.75, 3.05) is 19.8 Å². The van der Waals surface area contributed by atoms with Gasteiger partial charge in [0.25, 0.3) is 5.91 Å². The van der Waals surface area contributed by atoms with Gasteiger partial charge in [0.2, 0.25) is 5.91 Å². The van der Waals surface area contributed by atoms with E-state index in [1.165, 1.54) is 4.90 Å². The van der Waals surface area contributed by atoms with E-state index in [-0.39, 0.29) is 30.8 Å². The molecule has 6 nitrogen and oxygen atoms in total. The van der Waals surface area contributed by atoms with Crippen LogP contribution >= 0.6 is 12.4 Å². The number of nitrogens with zero attached hydrogens (tertiary/aromatic N) is 1. The molecule has 1 aliphatic heterocycles. The number of morpholine rings is 1. The zero-order valence-corrected chi connectivity index (χ0v) is 9.38. The fourth-order valence-electron chi connectivity index (χ4n) is 1.42. The van der Waals surface area contributed by atoms with E-state index in [0.29, 0.717) is 19.6 Å². The van der Waals surface area contributed by atoms with Crippen LogP contribution < -0.4 is 11.3 Å². The third kappa shape index (κ3) is 3.33. The lowest BCUT2D eigenvalue weighted by Gasteiger charge is -2.33. The average Bonchev–Trinajstić information content (AvgIpc) is 2.27. The Morgan fingerprint density at radius 3 is 2.80 bits per heavy atom. The number of halogens is 1. The van der Waals surface area contributed by atoms with Gasteiger partial charge < -0.3 is 9.64 Å². The topological polar surface area (TPSA) is 84.7 Å². The summed E-state index contributed by atoms with van der Waals surface area (Å²) in [6.07, 6.45) is 0.383. The number of rotatable bonds is 2. The summed E-state index contributed by atoms with van der Waals surface area (Å²) < 4.78 is 5.12. The van der Waals surface area contributed by atoms with Crippen LogP contribution in [0.15, 0.2) is 0 Å². The number of nitrogens with two attached hydrogens (primary N) is 1. The summed E-state index contributed by atoms with van der Waals surface area (Å²) >= 11 is 0. The van der Waals surface area contributed by atoms with Crippen molar-refractivity contribution in [2.45, 2.75) is 19.4 Å². The number of hydrogen-bond acceptors (Lipinski definition) is 4. The molecule has 0 radical (unpaired) electrons. The van der Waals surface area contributed by atoms with E-state index in [9.17, 15) is 9.59 Å². The van der Waals surface area contributed by atoms with E-state index in [4.69, 9.17) is 10.6 Å². The van der Waals surface area contributed by atoms with Crippen molar-refractivity contribution in [1.29, 1.82) is 0 Å². The van der Waals surface area contributed by atoms with Crippen molar-refractivity contribution in [1.82, 2.24) is 10.3 Å². The van der Waals surface area contributed by atoms with E-state index in [1.54, 1.807) is 6.92 Å². The van der Waals surface area contributed by atoms with Crippen LogP contribution in [0.25, 0.3) is 0 Å². The molecule has 15 heavy (non-hydrogen) atoms. The van der Waals surface area contributed by atoms with Gasteiger partial charge in [0.05, 0.1) is 13.2 Å². The van der Waals surface area contributed by atoms with E-state index < -0.39 is 6.04 Å². The van der Waals surface area contributed by atoms with E-state index >= 15 is 0 Å². The van der Waals surface area contributed by atoms with Crippen molar-refractivity contribution in [3.63, 3.8) is 0 Å². The molecule has 1 heterocycles. The maximum atomic E-state index is 11.4. The molecule has 0 aliphatic carbocycles. The fraction of sp³-hybridized carbons (Fsp3) is 0.750. The predicted molar refractivity (Wildman–Crippen MR) is 56.2 cm³/mol. The molecule has 0 aromatic heterocycles. The van der Waals surface area contributed by atoms with Gasteiger partial charge in [0.15, 0.2) is 0 Å². The number of ether oxygens (including phenoxy) is 1. The van der Waals surface area contributed by atoms with Crippen LogP contribution in [-0.2, 0) is 14.3 Å². The molecule has 2 amide bonds. The molecular formula is C8H16ClN3O3. The summed E-state index contributed by atoms with van der Waals surface area (Å²) in [7, 11) is 0. The highest BCUT2D eigenvalue weighted by molar-refractivity contribution is 5.87. The second kappa shape index (κ2) is 6.60. The summed E-state index contributed by atoms with van der Waals surface area (Å²) in [4.78, 5) is 24.2. The van der Waals surface area contributed by atoms with Gasteiger partial charge in [-0.05, 0) is 0 Å². The van der Waals surface area contributed by atoms with Crippen LogP contribution in [-0.4, -0.2) is 42.5 Å². The van der Waals surface area contributed by atoms with Gasteiger partial charge in [-0.15, -0.1) is 12.4 Å². The molecule has 1 rings (SSSR count). The van der Waals surface area contributed by atoms with Crippen LogP contribution in [0.3, 0.4) is 0 Å². The van der Waals surface area contributed by atoms with Crippen molar-refractivity contribution in [3.05, 3.63) is 0 Å². The van der Waals surface area contributed by atoms with Gasteiger partial charge >= 0.3 is 0 Å². The Morgan fingerprint density at radius 2 is 2.27 bits per heavy atom. The summed E-state index contributed by atoms with van der Waals surface area (Å²) in [5.41, 5.74) is 2.03. The molecule has 1 atom stereocenters. The number of amides is 2. The molecule has 1 saturated heterocycles. The monoisotopic (exact) mass is 237 g/mol.